The van der Waals surface area contributed by atoms with Gasteiger partial charge in [-0.05, 0) is 28.1 Å². The molecule has 0 radical (unpaired) electrons. The van der Waals surface area contributed by atoms with Crippen LogP contribution in [0.3, 0.4) is 0 Å². The van der Waals surface area contributed by atoms with Crippen molar-refractivity contribution in [1.29, 1.82) is 0 Å². The van der Waals surface area contributed by atoms with Crippen molar-refractivity contribution < 1.29 is 0 Å². The third kappa shape index (κ3) is 2.96. The molecule has 0 saturated heterocycles. The van der Waals surface area contributed by atoms with E-state index in [9.17, 15) is 0 Å². The number of rotatable bonds is 2. The Labute approximate surface area is 79.5 Å². The fraction of sp³-hybridized carbons (Fsp3) is 0.286. The highest BCUT2D eigenvalue weighted by Gasteiger charge is 1.90. The van der Waals surface area contributed by atoms with Gasteiger partial charge in [0.15, 0.2) is 5.82 Å². The summed E-state index contributed by atoms with van der Waals surface area (Å²) < 4.78 is 0.714. The Morgan fingerprint density at radius 3 is 2.67 bits per heavy atom. The third-order valence-corrected chi connectivity index (χ3v) is 1.46. The quantitative estimate of drug-likeness (QED) is 0.569. The van der Waals surface area contributed by atoms with Gasteiger partial charge in [-0.25, -0.2) is 4.99 Å². The van der Waals surface area contributed by atoms with Gasteiger partial charge in [-0.15, -0.1) is 10.2 Å². The first-order valence-corrected chi connectivity index (χ1v) is 4.17. The molecule has 1 rings (SSSR count). The standard InChI is InChI=1S/C7H9BrN4/c1-12(2)5-9-7-4-3-6(8)10-11-7/h3-5H,1-2H3. The second kappa shape index (κ2) is 4.15. The molecule has 4 nitrogen and oxygen atoms in total. The van der Waals surface area contributed by atoms with Crippen LogP contribution in [0.25, 0.3) is 0 Å². The zero-order valence-electron chi connectivity index (χ0n) is 6.90. The SMILES string of the molecule is CN(C)C=Nc1ccc(Br)nn1. The molecule has 0 bridgehead atoms. The molecule has 0 unspecified atom stereocenters. The first-order valence-electron chi connectivity index (χ1n) is 3.38. The van der Waals surface area contributed by atoms with E-state index in [1.807, 2.05) is 19.0 Å². The fourth-order valence-corrected chi connectivity index (χ4v) is 0.764. The lowest BCUT2D eigenvalue weighted by molar-refractivity contribution is 0.642. The maximum atomic E-state index is 4.05. The Morgan fingerprint density at radius 1 is 1.42 bits per heavy atom. The van der Waals surface area contributed by atoms with Crippen LogP contribution in [0.4, 0.5) is 5.82 Å². The smallest absolute Gasteiger partial charge is 0.175 e. The second-order valence-electron chi connectivity index (χ2n) is 2.42. The first kappa shape index (κ1) is 9.12. The van der Waals surface area contributed by atoms with Gasteiger partial charge >= 0.3 is 0 Å². The first-order chi connectivity index (χ1) is 5.68. The van der Waals surface area contributed by atoms with Crippen LogP contribution in [-0.4, -0.2) is 35.5 Å². The van der Waals surface area contributed by atoms with E-state index in [0.717, 1.165) is 0 Å². The molecule has 0 amide bonds. The Hall–Kier alpha value is -0.970. The van der Waals surface area contributed by atoms with Gasteiger partial charge in [0.2, 0.25) is 0 Å². The fourth-order valence-electron chi connectivity index (χ4n) is 0.552. The van der Waals surface area contributed by atoms with Crippen LogP contribution in [0.15, 0.2) is 21.7 Å². The zero-order chi connectivity index (χ0) is 8.97. The van der Waals surface area contributed by atoms with Gasteiger partial charge < -0.3 is 4.90 Å². The average Bonchev–Trinajstić information content (AvgIpc) is 2.03. The number of nitrogens with zero attached hydrogens (tertiary/aromatic N) is 4. The van der Waals surface area contributed by atoms with Crippen molar-refractivity contribution in [3.8, 4) is 0 Å². The van der Waals surface area contributed by atoms with E-state index in [4.69, 9.17) is 0 Å². The lowest BCUT2D eigenvalue weighted by atomic mass is 10.5. The summed E-state index contributed by atoms with van der Waals surface area (Å²) in [6.45, 7) is 0. The highest BCUT2D eigenvalue weighted by molar-refractivity contribution is 9.10. The summed E-state index contributed by atoms with van der Waals surface area (Å²) in [5, 5.41) is 7.62. The lowest BCUT2D eigenvalue weighted by Gasteiger charge is -2.00. The van der Waals surface area contributed by atoms with Crippen LogP contribution in [0.1, 0.15) is 0 Å². The zero-order valence-corrected chi connectivity index (χ0v) is 8.48. The third-order valence-electron chi connectivity index (χ3n) is 1.04. The highest BCUT2D eigenvalue weighted by atomic mass is 79.9. The van der Waals surface area contributed by atoms with Crippen molar-refractivity contribution in [2.45, 2.75) is 0 Å². The van der Waals surface area contributed by atoms with Crippen LogP contribution < -0.4 is 0 Å². The highest BCUT2D eigenvalue weighted by Crippen LogP contribution is 2.08. The van der Waals surface area contributed by atoms with Crippen LogP contribution >= 0.6 is 15.9 Å². The van der Waals surface area contributed by atoms with Crippen LogP contribution in [-0.2, 0) is 0 Å². The van der Waals surface area contributed by atoms with Gasteiger partial charge in [-0.1, -0.05) is 0 Å². The molecule has 5 heteroatoms. The maximum Gasteiger partial charge on any atom is 0.175 e. The minimum absolute atomic E-state index is 0.604. The molecule has 0 fully saturated rings. The van der Waals surface area contributed by atoms with Gasteiger partial charge in [0.25, 0.3) is 0 Å². The van der Waals surface area contributed by atoms with Crippen molar-refractivity contribution >= 4 is 28.1 Å². The number of aromatic nitrogens is 2. The Morgan fingerprint density at radius 2 is 2.17 bits per heavy atom. The van der Waals surface area contributed by atoms with E-state index < -0.39 is 0 Å². The van der Waals surface area contributed by atoms with E-state index in [2.05, 4.69) is 31.1 Å². The van der Waals surface area contributed by atoms with E-state index in [-0.39, 0.29) is 0 Å². The van der Waals surface area contributed by atoms with Crippen molar-refractivity contribution in [1.82, 2.24) is 15.1 Å². The molecule has 0 atom stereocenters. The Kier molecular flexibility index (Phi) is 3.16. The summed E-state index contributed by atoms with van der Waals surface area (Å²) in [4.78, 5) is 5.89. The molecule has 12 heavy (non-hydrogen) atoms. The molecule has 1 aromatic rings. The van der Waals surface area contributed by atoms with E-state index in [0.29, 0.717) is 10.4 Å². The minimum atomic E-state index is 0.604. The molecule has 0 spiro atoms. The van der Waals surface area contributed by atoms with Crippen molar-refractivity contribution in [3.63, 3.8) is 0 Å². The summed E-state index contributed by atoms with van der Waals surface area (Å²) in [6, 6.07) is 3.59. The topological polar surface area (TPSA) is 41.4 Å². The summed E-state index contributed by atoms with van der Waals surface area (Å²) >= 11 is 3.19. The normalized spacial score (nSPS) is 10.6. The van der Waals surface area contributed by atoms with E-state index in [1.165, 1.54) is 0 Å². The lowest BCUT2D eigenvalue weighted by Crippen LogP contribution is -2.07. The Bertz CT molecular complexity index is 267. The summed E-state index contributed by atoms with van der Waals surface area (Å²) in [7, 11) is 3.80. The monoisotopic (exact) mass is 228 g/mol. The van der Waals surface area contributed by atoms with Gasteiger partial charge in [0, 0.05) is 14.1 Å². The number of hydrogen-bond donors (Lipinski definition) is 0. The Balaban J connectivity index is 2.71. The molecule has 0 saturated carbocycles. The molecule has 64 valence electrons. The summed E-state index contributed by atoms with van der Waals surface area (Å²) in [6.07, 6.45) is 1.68. The molecular weight excluding hydrogens is 220 g/mol. The molecule has 0 aliphatic heterocycles. The largest absolute Gasteiger partial charge is 0.369 e. The van der Waals surface area contributed by atoms with Crippen LogP contribution in [0.5, 0.6) is 0 Å². The van der Waals surface area contributed by atoms with Gasteiger partial charge in [0.1, 0.15) is 4.60 Å². The predicted octanol–water partition coefficient (Wildman–Crippen LogP) is 1.46. The maximum absolute atomic E-state index is 4.05. The van der Waals surface area contributed by atoms with Crippen molar-refractivity contribution in [3.05, 3.63) is 16.7 Å². The number of aliphatic imine (C=N–C) groups is 1. The van der Waals surface area contributed by atoms with E-state index >= 15 is 0 Å². The average molecular weight is 229 g/mol. The van der Waals surface area contributed by atoms with Crippen LogP contribution in [0.2, 0.25) is 0 Å². The summed E-state index contributed by atoms with van der Waals surface area (Å²) in [5.74, 6) is 0.604. The molecule has 0 aliphatic carbocycles. The van der Waals surface area contributed by atoms with Gasteiger partial charge in [-0.3, -0.25) is 0 Å². The predicted molar refractivity (Wildman–Crippen MR) is 51.6 cm³/mol. The van der Waals surface area contributed by atoms with Gasteiger partial charge in [0.05, 0.1) is 6.34 Å². The van der Waals surface area contributed by atoms with Gasteiger partial charge in [-0.2, -0.15) is 0 Å². The molecule has 0 aromatic carbocycles. The molecule has 1 heterocycles. The van der Waals surface area contributed by atoms with E-state index in [1.54, 1.807) is 18.5 Å². The molecule has 1 aromatic heterocycles. The van der Waals surface area contributed by atoms with Crippen LogP contribution in [0, 0.1) is 0 Å². The molecule has 0 aliphatic rings. The molecule has 0 N–H and O–H groups in total. The van der Waals surface area contributed by atoms with Crippen molar-refractivity contribution in [2.75, 3.05) is 14.1 Å². The molecular formula is C7H9BrN4. The second-order valence-corrected chi connectivity index (χ2v) is 3.23. The number of hydrogen-bond acceptors (Lipinski definition) is 3. The minimum Gasteiger partial charge on any atom is -0.369 e. The number of halogens is 1. The van der Waals surface area contributed by atoms with Crippen molar-refractivity contribution in [2.24, 2.45) is 4.99 Å². The summed E-state index contributed by atoms with van der Waals surface area (Å²) in [5.41, 5.74) is 0.